The van der Waals surface area contributed by atoms with Crippen molar-refractivity contribution in [1.82, 2.24) is 15.5 Å². The standard InChI is InChI=1S/C20H29N3O2/c1-14(18-22-19(23-25-18)20(2,3)4)21-13-15-9-5-8-12-17(15)24-16-10-6-7-11-16/h5,8-9,12,14,16,21H,6-7,10-11,13H2,1-4H3. The molecule has 0 bridgehead atoms. The second-order valence-corrected chi connectivity index (χ2v) is 7.94. The number of ether oxygens (including phenoxy) is 1. The summed E-state index contributed by atoms with van der Waals surface area (Å²) in [5.74, 6) is 2.34. The molecule has 2 aromatic rings. The molecule has 3 rings (SSSR count). The topological polar surface area (TPSA) is 60.2 Å². The van der Waals surface area contributed by atoms with Gasteiger partial charge in [0.1, 0.15) is 5.75 Å². The van der Waals surface area contributed by atoms with Crippen LogP contribution in [0.15, 0.2) is 28.8 Å². The molecule has 1 atom stereocenters. The fourth-order valence-electron chi connectivity index (χ4n) is 3.02. The van der Waals surface area contributed by atoms with Crippen LogP contribution in [0.3, 0.4) is 0 Å². The first-order valence-corrected chi connectivity index (χ1v) is 9.25. The summed E-state index contributed by atoms with van der Waals surface area (Å²) in [6, 6.07) is 8.24. The Balaban J connectivity index is 1.62. The number of benzene rings is 1. The quantitative estimate of drug-likeness (QED) is 0.834. The maximum absolute atomic E-state index is 6.20. The van der Waals surface area contributed by atoms with Crippen molar-refractivity contribution in [2.45, 2.75) is 77.5 Å². The zero-order chi connectivity index (χ0) is 17.9. The van der Waals surface area contributed by atoms with Gasteiger partial charge >= 0.3 is 0 Å². The maximum atomic E-state index is 6.20. The van der Waals surface area contributed by atoms with E-state index in [4.69, 9.17) is 9.26 Å². The first kappa shape index (κ1) is 17.9. The molecule has 1 heterocycles. The molecule has 25 heavy (non-hydrogen) atoms. The van der Waals surface area contributed by atoms with E-state index in [1.807, 2.05) is 19.1 Å². The smallest absolute Gasteiger partial charge is 0.243 e. The highest BCUT2D eigenvalue weighted by Gasteiger charge is 2.23. The van der Waals surface area contributed by atoms with Gasteiger partial charge in [-0.15, -0.1) is 0 Å². The van der Waals surface area contributed by atoms with Crippen LogP contribution in [0.2, 0.25) is 0 Å². The van der Waals surface area contributed by atoms with Crippen LogP contribution in [-0.2, 0) is 12.0 Å². The third kappa shape index (κ3) is 4.60. The highest BCUT2D eigenvalue weighted by molar-refractivity contribution is 5.33. The lowest BCUT2D eigenvalue weighted by Gasteiger charge is -2.17. The van der Waals surface area contributed by atoms with E-state index in [1.54, 1.807) is 0 Å². The molecule has 0 saturated heterocycles. The van der Waals surface area contributed by atoms with Crippen LogP contribution >= 0.6 is 0 Å². The minimum absolute atomic E-state index is 0.0110. The molecule has 1 N–H and O–H groups in total. The van der Waals surface area contributed by atoms with E-state index in [0.717, 1.165) is 30.0 Å². The normalized spacial score (nSPS) is 17.0. The molecule has 0 radical (unpaired) electrons. The average Bonchev–Trinajstić information content (AvgIpc) is 3.25. The molecule has 1 aromatic heterocycles. The minimum atomic E-state index is -0.108. The Labute approximate surface area is 150 Å². The van der Waals surface area contributed by atoms with Crippen molar-refractivity contribution in [2.24, 2.45) is 0 Å². The zero-order valence-electron chi connectivity index (χ0n) is 15.7. The van der Waals surface area contributed by atoms with E-state index in [0.29, 0.717) is 18.5 Å². The van der Waals surface area contributed by atoms with Gasteiger partial charge in [-0.25, -0.2) is 0 Å². The van der Waals surface area contributed by atoms with E-state index >= 15 is 0 Å². The van der Waals surface area contributed by atoms with Gasteiger partial charge in [-0.2, -0.15) is 4.98 Å². The molecule has 1 aromatic carbocycles. The molecular formula is C20H29N3O2. The monoisotopic (exact) mass is 343 g/mol. The molecule has 1 aliphatic rings. The summed E-state index contributed by atoms with van der Waals surface area (Å²) in [6.07, 6.45) is 5.24. The second-order valence-electron chi connectivity index (χ2n) is 7.94. The van der Waals surface area contributed by atoms with Gasteiger partial charge in [-0.1, -0.05) is 44.1 Å². The van der Waals surface area contributed by atoms with Crippen LogP contribution in [0.25, 0.3) is 0 Å². The Morgan fingerprint density at radius 3 is 2.64 bits per heavy atom. The summed E-state index contributed by atoms with van der Waals surface area (Å²) in [6.45, 7) is 8.99. The van der Waals surface area contributed by atoms with Crippen molar-refractivity contribution in [3.63, 3.8) is 0 Å². The molecule has 5 heteroatoms. The van der Waals surface area contributed by atoms with Crippen LogP contribution in [0.5, 0.6) is 5.75 Å². The number of para-hydroxylation sites is 1. The summed E-state index contributed by atoms with van der Waals surface area (Å²) in [5.41, 5.74) is 1.06. The Morgan fingerprint density at radius 1 is 1.24 bits per heavy atom. The lowest BCUT2D eigenvalue weighted by Crippen LogP contribution is -2.20. The van der Waals surface area contributed by atoms with Gasteiger partial charge in [0.05, 0.1) is 12.1 Å². The molecule has 0 aliphatic heterocycles. The van der Waals surface area contributed by atoms with Crippen molar-refractivity contribution < 1.29 is 9.26 Å². The number of nitrogens with one attached hydrogen (secondary N) is 1. The van der Waals surface area contributed by atoms with Crippen LogP contribution in [-0.4, -0.2) is 16.2 Å². The van der Waals surface area contributed by atoms with Gasteiger partial charge in [0, 0.05) is 17.5 Å². The van der Waals surface area contributed by atoms with Gasteiger partial charge < -0.3 is 14.6 Å². The van der Waals surface area contributed by atoms with Crippen LogP contribution < -0.4 is 10.1 Å². The van der Waals surface area contributed by atoms with Gasteiger partial charge in [0.15, 0.2) is 5.82 Å². The molecule has 0 spiro atoms. The van der Waals surface area contributed by atoms with Crippen molar-refractivity contribution in [1.29, 1.82) is 0 Å². The number of hydrogen-bond acceptors (Lipinski definition) is 5. The highest BCUT2D eigenvalue weighted by atomic mass is 16.5. The molecule has 1 unspecified atom stereocenters. The summed E-state index contributed by atoms with van der Waals surface area (Å²) >= 11 is 0. The Kier molecular flexibility index (Phi) is 5.42. The summed E-state index contributed by atoms with van der Waals surface area (Å²) < 4.78 is 11.6. The van der Waals surface area contributed by atoms with Crippen molar-refractivity contribution >= 4 is 0 Å². The number of aromatic nitrogens is 2. The summed E-state index contributed by atoms with van der Waals surface area (Å²) in [7, 11) is 0. The van der Waals surface area contributed by atoms with E-state index in [9.17, 15) is 0 Å². The third-order valence-electron chi connectivity index (χ3n) is 4.65. The van der Waals surface area contributed by atoms with Crippen molar-refractivity contribution in [3.8, 4) is 5.75 Å². The molecule has 1 fully saturated rings. The maximum Gasteiger partial charge on any atom is 0.243 e. The molecule has 136 valence electrons. The number of hydrogen-bond donors (Lipinski definition) is 1. The fourth-order valence-corrected chi connectivity index (χ4v) is 3.02. The lowest BCUT2D eigenvalue weighted by atomic mass is 9.96. The van der Waals surface area contributed by atoms with Gasteiger partial charge in [-0.05, 0) is 38.7 Å². The zero-order valence-corrected chi connectivity index (χ0v) is 15.7. The van der Waals surface area contributed by atoms with Gasteiger partial charge in [0.25, 0.3) is 0 Å². The average molecular weight is 343 g/mol. The first-order chi connectivity index (χ1) is 11.9. The van der Waals surface area contributed by atoms with Gasteiger partial charge in [0.2, 0.25) is 5.89 Å². The van der Waals surface area contributed by atoms with E-state index < -0.39 is 0 Å². The van der Waals surface area contributed by atoms with Gasteiger partial charge in [-0.3, -0.25) is 0 Å². The van der Waals surface area contributed by atoms with Crippen molar-refractivity contribution in [2.75, 3.05) is 0 Å². The molecular weight excluding hydrogens is 314 g/mol. The molecule has 1 saturated carbocycles. The number of rotatable bonds is 6. The summed E-state index contributed by atoms with van der Waals surface area (Å²) in [4.78, 5) is 4.53. The Morgan fingerprint density at radius 2 is 1.96 bits per heavy atom. The highest BCUT2D eigenvalue weighted by Crippen LogP contribution is 2.27. The van der Waals surface area contributed by atoms with E-state index in [1.165, 1.54) is 12.8 Å². The van der Waals surface area contributed by atoms with Crippen LogP contribution in [0.1, 0.15) is 76.7 Å². The summed E-state index contributed by atoms with van der Waals surface area (Å²) in [5, 5.41) is 7.57. The fraction of sp³-hybridized carbons (Fsp3) is 0.600. The predicted molar refractivity (Wildman–Crippen MR) is 97.6 cm³/mol. The third-order valence-corrected chi connectivity index (χ3v) is 4.65. The Hall–Kier alpha value is -1.88. The largest absolute Gasteiger partial charge is 0.490 e. The Bertz CT molecular complexity index is 684. The molecule has 0 amide bonds. The minimum Gasteiger partial charge on any atom is -0.490 e. The molecule has 5 nitrogen and oxygen atoms in total. The predicted octanol–water partition coefficient (Wildman–Crippen LogP) is 4.54. The van der Waals surface area contributed by atoms with E-state index in [2.05, 4.69) is 48.4 Å². The van der Waals surface area contributed by atoms with Crippen LogP contribution in [0, 0.1) is 0 Å². The van der Waals surface area contributed by atoms with Crippen molar-refractivity contribution in [3.05, 3.63) is 41.5 Å². The SMILES string of the molecule is CC(NCc1ccccc1OC1CCCC1)c1nc(C(C)(C)C)no1. The molecule has 1 aliphatic carbocycles. The lowest BCUT2D eigenvalue weighted by molar-refractivity contribution is 0.207. The number of nitrogens with zero attached hydrogens (tertiary/aromatic N) is 2. The first-order valence-electron chi connectivity index (χ1n) is 9.25. The second kappa shape index (κ2) is 7.56. The van der Waals surface area contributed by atoms with E-state index in [-0.39, 0.29) is 11.5 Å². The van der Waals surface area contributed by atoms with Crippen LogP contribution in [0.4, 0.5) is 0 Å².